The van der Waals surface area contributed by atoms with Gasteiger partial charge in [-0.3, -0.25) is 13.9 Å². The number of fused-ring (bicyclic) bond motifs is 1. The number of nitrogens with zero attached hydrogens (tertiary/aromatic N) is 1. The van der Waals surface area contributed by atoms with Crippen LogP contribution in [0.5, 0.6) is 5.75 Å². The summed E-state index contributed by atoms with van der Waals surface area (Å²) in [6, 6.07) is 5.04. The van der Waals surface area contributed by atoms with Gasteiger partial charge < -0.3 is 24.8 Å². The number of phosphoric ester groups is 1. The van der Waals surface area contributed by atoms with E-state index in [0.29, 0.717) is 11.8 Å². The monoisotopic (exact) mass is 476 g/mol. The van der Waals surface area contributed by atoms with Crippen LogP contribution in [0.2, 0.25) is 0 Å². The minimum Gasteiger partial charge on any atom is -0.404 e. The fourth-order valence-electron chi connectivity index (χ4n) is 3.35. The second kappa shape index (κ2) is 7.69. The first kappa shape index (κ1) is 24.0. The number of aliphatic hydroxyl groups excluding tert-OH is 2. The van der Waals surface area contributed by atoms with Gasteiger partial charge in [0.15, 0.2) is 5.83 Å². The van der Waals surface area contributed by atoms with Gasteiger partial charge in [0, 0.05) is 11.8 Å². The molecule has 3 aliphatic rings. The van der Waals surface area contributed by atoms with E-state index >= 15 is 4.39 Å². The predicted octanol–water partition coefficient (Wildman–Crippen LogP) is 0.301. The summed E-state index contributed by atoms with van der Waals surface area (Å²) < 4.78 is 62.7. The number of allylic oxidation sites excluding steroid dienone is 1. The van der Waals surface area contributed by atoms with Crippen LogP contribution < -0.4 is 9.84 Å². The van der Waals surface area contributed by atoms with Crippen molar-refractivity contribution in [1.82, 2.24) is 10.2 Å². The molecule has 5 atom stereocenters. The lowest BCUT2D eigenvalue weighted by molar-refractivity contribution is -0.240. The molecule has 0 saturated carbocycles. The van der Waals surface area contributed by atoms with Crippen LogP contribution >= 0.6 is 7.82 Å². The van der Waals surface area contributed by atoms with E-state index in [1.165, 1.54) is 6.07 Å². The highest BCUT2D eigenvalue weighted by molar-refractivity contribution is 7.49. The molecule has 3 heterocycles. The Morgan fingerprint density at radius 1 is 1.33 bits per heavy atom. The molecule has 1 saturated heterocycles. The number of aliphatic hydroxyl groups is 2. The molecule has 6 radical (unpaired) electrons. The summed E-state index contributed by atoms with van der Waals surface area (Å²) >= 11 is 0. The molecule has 2 amide bonds. The molecule has 168 valence electrons. The smallest absolute Gasteiger partial charge is 0.404 e. The summed E-state index contributed by atoms with van der Waals surface area (Å²) in [5.41, 5.74) is -2.90. The Labute approximate surface area is 190 Å². The topological polar surface area (TPSA) is 127 Å². The largest absolute Gasteiger partial charge is 0.529 e. The third-order valence-electron chi connectivity index (χ3n) is 5.16. The molecule has 4 rings (SSSR count). The first-order valence-electron chi connectivity index (χ1n) is 9.24. The second-order valence-electron chi connectivity index (χ2n) is 7.45. The molecule has 16 heteroatoms. The maximum absolute atomic E-state index is 15.9. The molecule has 1 unspecified atom stereocenters. The van der Waals surface area contributed by atoms with E-state index in [1.54, 1.807) is 18.2 Å². The van der Waals surface area contributed by atoms with Crippen molar-refractivity contribution in [2.45, 2.75) is 35.7 Å². The van der Waals surface area contributed by atoms with Crippen LogP contribution in [-0.2, 0) is 25.0 Å². The fraction of sp³-hybridized carbons (Fsp3) is 0.353. The lowest BCUT2D eigenvalue weighted by Crippen LogP contribution is -2.62. The molecule has 3 aliphatic heterocycles. The van der Waals surface area contributed by atoms with Crippen LogP contribution in [0.25, 0.3) is 0 Å². The van der Waals surface area contributed by atoms with Gasteiger partial charge >= 0.3 is 13.9 Å². The van der Waals surface area contributed by atoms with Crippen molar-refractivity contribution in [2.24, 2.45) is 0 Å². The van der Waals surface area contributed by atoms with Crippen molar-refractivity contribution < 1.29 is 46.7 Å². The van der Waals surface area contributed by atoms with E-state index in [0.717, 1.165) is 0 Å². The summed E-state index contributed by atoms with van der Waals surface area (Å²) in [5.74, 6) is -4.86. The summed E-state index contributed by atoms with van der Waals surface area (Å²) in [5, 5.41) is 19.4. The van der Waals surface area contributed by atoms with Crippen LogP contribution in [0.4, 0.5) is 13.6 Å². The SMILES string of the molecule is [B]C([B])(OP1(=O)OCc2ccccc2O1)[C@@]1(F)O[C@@]([B])(N2C=C(F)C(=C)NC2=O)[C@H](O)[C@@H]1O. The van der Waals surface area contributed by atoms with Gasteiger partial charge in [-0.05, 0) is 6.07 Å². The highest BCUT2D eigenvalue weighted by Gasteiger charge is 2.70. The number of carbonyl (C=O) groups excluding carboxylic acids is 1. The number of urea groups is 1. The van der Waals surface area contributed by atoms with E-state index in [4.69, 9.17) is 41.8 Å². The first-order valence-corrected chi connectivity index (χ1v) is 10.7. The van der Waals surface area contributed by atoms with Gasteiger partial charge in [0.25, 0.3) is 5.85 Å². The zero-order valence-corrected chi connectivity index (χ0v) is 17.6. The zero-order chi connectivity index (χ0) is 24.4. The zero-order valence-electron chi connectivity index (χ0n) is 16.7. The van der Waals surface area contributed by atoms with Gasteiger partial charge in [-0.15, -0.1) is 0 Å². The number of nitrogens with one attached hydrogen (secondary N) is 1. The number of ether oxygens (including phenoxy) is 1. The summed E-state index contributed by atoms with van der Waals surface area (Å²) in [6.45, 7) is 2.95. The maximum Gasteiger partial charge on any atom is 0.529 e. The average molecular weight is 476 g/mol. The Balaban J connectivity index is 1.63. The van der Waals surface area contributed by atoms with Gasteiger partial charge in [-0.1, -0.05) is 24.8 Å². The van der Waals surface area contributed by atoms with E-state index in [9.17, 15) is 24.0 Å². The number of benzene rings is 1. The van der Waals surface area contributed by atoms with Crippen molar-refractivity contribution in [3.63, 3.8) is 0 Å². The second-order valence-corrected chi connectivity index (χ2v) is 8.97. The highest BCUT2D eigenvalue weighted by atomic mass is 31.2. The lowest BCUT2D eigenvalue weighted by Gasteiger charge is -2.44. The van der Waals surface area contributed by atoms with E-state index in [1.807, 2.05) is 5.32 Å². The summed E-state index contributed by atoms with van der Waals surface area (Å²) in [4.78, 5) is 12.4. The number of phosphoric acid groups is 1. The third-order valence-corrected chi connectivity index (χ3v) is 6.55. The van der Waals surface area contributed by atoms with Crippen molar-refractivity contribution >= 4 is 37.4 Å². The number of hydrogen-bond donors (Lipinski definition) is 3. The third kappa shape index (κ3) is 3.73. The van der Waals surface area contributed by atoms with Gasteiger partial charge in [-0.2, -0.15) is 0 Å². The number of halogens is 2. The Morgan fingerprint density at radius 2 is 2.00 bits per heavy atom. The number of para-hydroxylation sites is 1. The van der Waals surface area contributed by atoms with Gasteiger partial charge in [0.1, 0.15) is 47.1 Å². The molecule has 0 spiro atoms. The Morgan fingerprint density at radius 3 is 2.70 bits per heavy atom. The van der Waals surface area contributed by atoms with Gasteiger partial charge in [-0.25, -0.2) is 18.1 Å². The molecule has 1 fully saturated rings. The van der Waals surface area contributed by atoms with Crippen LogP contribution in [-0.4, -0.2) is 73.8 Å². The number of alkyl halides is 1. The normalized spacial score (nSPS) is 36.6. The first-order chi connectivity index (χ1) is 15.2. The molecule has 0 aromatic heterocycles. The fourth-order valence-corrected chi connectivity index (χ4v) is 4.70. The van der Waals surface area contributed by atoms with Gasteiger partial charge in [0.05, 0.1) is 17.7 Å². The van der Waals surface area contributed by atoms with E-state index in [-0.39, 0.29) is 17.3 Å². The lowest BCUT2D eigenvalue weighted by atomic mass is 9.59. The molecule has 10 nitrogen and oxygen atoms in total. The molecular formula is C17H14B3F2N2O8P. The van der Waals surface area contributed by atoms with Crippen LogP contribution in [0, 0.1) is 0 Å². The highest BCUT2D eigenvalue weighted by Crippen LogP contribution is 2.59. The minimum absolute atomic E-state index is 0.0720. The molecule has 0 aliphatic carbocycles. The van der Waals surface area contributed by atoms with Crippen molar-refractivity contribution in [3.8, 4) is 5.75 Å². The number of rotatable bonds is 4. The maximum atomic E-state index is 15.9. The summed E-state index contributed by atoms with van der Waals surface area (Å²) in [7, 11) is 12.4. The number of hydrogen-bond acceptors (Lipinski definition) is 8. The van der Waals surface area contributed by atoms with Crippen molar-refractivity contribution in [1.29, 1.82) is 0 Å². The van der Waals surface area contributed by atoms with Crippen LogP contribution in [0.1, 0.15) is 5.56 Å². The Kier molecular flexibility index (Phi) is 5.59. The molecule has 1 aromatic carbocycles. The predicted molar refractivity (Wildman–Crippen MR) is 109 cm³/mol. The molecular weight excluding hydrogens is 462 g/mol. The van der Waals surface area contributed by atoms with Crippen molar-refractivity contribution in [2.75, 3.05) is 0 Å². The number of amides is 2. The quantitative estimate of drug-likeness (QED) is 0.419. The molecule has 3 N–H and O–H groups in total. The van der Waals surface area contributed by atoms with Crippen LogP contribution in [0.3, 0.4) is 0 Å². The average Bonchev–Trinajstić information content (AvgIpc) is 2.91. The standard InChI is InChI=1S/C17H14B3F2N2O8P/c1-8-10(21)6-24(14(27)23-8)16(18)13(26)12(25)15(22,31-16)17(19,20)32-33(28)29-7-9-4-2-3-5-11(9)30-33/h2-6,12-13,25-26H,1,7H2,(H,23,27)/t12-,13+,15-,16-,33?/m0/s1. The Hall–Kier alpha value is -2.15. The van der Waals surface area contributed by atoms with E-state index < -0.39 is 54.5 Å². The summed E-state index contributed by atoms with van der Waals surface area (Å²) in [6.07, 6.45) is -4.69. The molecule has 1 aromatic rings. The van der Waals surface area contributed by atoms with Gasteiger partial charge in [0.2, 0.25) is 0 Å². The van der Waals surface area contributed by atoms with Crippen LogP contribution in [0.15, 0.2) is 48.6 Å². The van der Waals surface area contributed by atoms with E-state index in [2.05, 4.69) is 6.58 Å². The van der Waals surface area contributed by atoms with Crippen molar-refractivity contribution in [3.05, 3.63) is 54.1 Å². The Bertz CT molecular complexity index is 1110. The molecule has 0 bridgehead atoms. The molecule has 33 heavy (non-hydrogen) atoms. The minimum atomic E-state index is -4.69. The number of carbonyl (C=O) groups is 1.